The van der Waals surface area contributed by atoms with Gasteiger partial charge in [0, 0.05) is 5.02 Å². The summed E-state index contributed by atoms with van der Waals surface area (Å²) < 4.78 is 41.0. The van der Waals surface area contributed by atoms with Crippen LogP contribution in [0.5, 0.6) is 17.2 Å². The predicted octanol–water partition coefficient (Wildman–Crippen LogP) is 2.28. The van der Waals surface area contributed by atoms with E-state index in [9.17, 15) is 13.2 Å². The lowest BCUT2D eigenvalue weighted by molar-refractivity contribution is -0.119. The van der Waals surface area contributed by atoms with Crippen molar-refractivity contribution in [3.63, 3.8) is 0 Å². The Morgan fingerprint density at radius 3 is 2.30 bits per heavy atom. The maximum absolute atomic E-state index is 12.3. The van der Waals surface area contributed by atoms with Crippen molar-refractivity contribution in [2.45, 2.75) is 0 Å². The Morgan fingerprint density at radius 2 is 1.70 bits per heavy atom. The molecule has 0 atom stereocenters. The molecule has 0 fully saturated rings. The van der Waals surface area contributed by atoms with Gasteiger partial charge >= 0.3 is 0 Å². The molecule has 9 nitrogen and oxygen atoms in total. The van der Waals surface area contributed by atoms with Crippen LogP contribution >= 0.6 is 11.6 Å². The number of anilines is 1. The molecule has 0 unspecified atom stereocenters. The van der Waals surface area contributed by atoms with Gasteiger partial charge < -0.3 is 14.2 Å². The van der Waals surface area contributed by atoms with Gasteiger partial charge in [-0.2, -0.15) is 5.10 Å². The van der Waals surface area contributed by atoms with Gasteiger partial charge in [-0.25, -0.2) is 13.8 Å². The number of hydrogen-bond acceptors (Lipinski definition) is 7. The normalized spacial score (nSPS) is 11.2. The number of rotatable bonds is 9. The molecule has 0 aromatic heterocycles. The van der Waals surface area contributed by atoms with Crippen molar-refractivity contribution in [1.82, 2.24) is 5.43 Å². The molecule has 0 saturated heterocycles. The minimum atomic E-state index is -3.80. The molecule has 162 valence electrons. The molecular formula is C19H22ClN3O6S. The number of nitrogens with one attached hydrogen (secondary N) is 1. The van der Waals surface area contributed by atoms with Crippen molar-refractivity contribution in [2.24, 2.45) is 5.10 Å². The van der Waals surface area contributed by atoms with Crippen molar-refractivity contribution < 1.29 is 27.4 Å². The molecule has 0 spiro atoms. The molecule has 0 saturated carbocycles. The maximum Gasteiger partial charge on any atom is 0.260 e. The van der Waals surface area contributed by atoms with Crippen LogP contribution in [0.4, 0.5) is 5.69 Å². The summed E-state index contributed by atoms with van der Waals surface area (Å²) in [5, 5.41) is 4.16. The Bertz CT molecular complexity index is 1040. The summed E-state index contributed by atoms with van der Waals surface area (Å²) in [6.07, 6.45) is 2.37. The zero-order valence-corrected chi connectivity index (χ0v) is 18.5. The summed E-state index contributed by atoms with van der Waals surface area (Å²) in [6.45, 7) is -0.515. The highest BCUT2D eigenvalue weighted by Gasteiger charge is 2.24. The Hall–Kier alpha value is -2.98. The summed E-state index contributed by atoms with van der Waals surface area (Å²) in [4.78, 5) is 12.3. The van der Waals surface area contributed by atoms with Gasteiger partial charge in [-0.1, -0.05) is 11.6 Å². The van der Waals surface area contributed by atoms with Gasteiger partial charge in [0.05, 0.1) is 39.5 Å². The SMILES string of the molecule is COc1ccc(/C=N\NC(=O)CN(c2cc(Cl)ccc2OC)S(C)(=O)=O)cc1OC. The number of halogens is 1. The zero-order valence-electron chi connectivity index (χ0n) is 16.9. The van der Waals surface area contributed by atoms with Crippen LogP contribution in [-0.2, 0) is 14.8 Å². The van der Waals surface area contributed by atoms with E-state index in [-0.39, 0.29) is 11.4 Å². The fourth-order valence-electron chi connectivity index (χ4n) is 2.52. The Kier molecular flexibility index (Phi) is 7.90. The summed E-state index contributed by atoms with van der Waals surface area (Å²) in [7, 11) is 0.611. The molecule has 2 aromatic rings. The number of sulfonamides is 1. The van der Waals surface area contributed by atoms with Crippen molar-refractivity contribution in [3.8, 4) is 17.2 Å². The molecule has 0 aliphatic heterocycles. The molecule has 2 aromatic carbocycles. The first-order valence-electron chi connectivity index (χ1n) is 8.54. The van der Waals surface area contributed by atoms with Gasteiger partial charge in [0.25, 0.3) is 5.91 Å². The van der Waals surface area contributed by atoms with Crippen LogP contribution in [0.25, 0.3) is 0 Å². The van der Waals surface area contributed by atoms with E-state index in [1.807, 2.05) is 0 Å². The van der Waals surface area contributed by atoms with E-state index in [1.165, 1.54) is 39.7 Å². The van der Waals surface area contributed by atoms with E-state index in [1.54, 1.807) is 24.3 Å². The smallest absolute Gasteiger partial charge is 0.260 e. The maximum atomic E-state index is 12.3. The zero-order chi connectivity index (χ0) is 22.3. The van der Waals surface area contributed by atoms with Crippen molar-refractivity contribution >= 4 is 39.4 Å². The molecule has 0 aliphatic rings. The average Bonchev–Trinajstić information content (AvgIpc) is 2.71. The first-order valence-corrected chi connectivity index (χ1v) is 10.8. The summed E-state index contributed by atoms with van der Waals surface area (Å²) in [5.74, 6) is 0.660. The van der Waals surface area contributed by atoms with Gasteiger partial charge in [-0.3, -0.25) is 9.10 Å². The third kappa shape index (κ3) is 6.01. The van der Waals surface area contributed by atoms with E-state index in [0.29, 0.717) is 22.1 Å². The number of ether oxygens (including phenoxy) is 3. The van der Waals surface area contributed by atoms with Crippen LogP contribution in [-0.4, -0.2) is 54.7 Å². The van der Waals surface area contributed by atoms with E-state index < -0.39 is 22.5 Å². The molecule has 1 N–H and O–H groups in total. The second-order valence-corrected chi connectivity index (χ2v) is 8.34. The van der Waals surface area contributed by atoms with Crippen LogP contribution < -0.4 is 23.9 Å². The fraction of sp³-hybridized carbons (Fsp3) is 0.263. The van der Waals surface area contributed by atoms with E-state index >= 15 is 0 Å². The minimum absolute atomic E-state index is 0.145. The summed E-state index contributed by atoms with van der Waals surface area (Å²) in [6, 6.07) is 9.56. The number of carbonyl (C=O) groups excluding carboxylic acids is 1. The quantitative estimate of drug-likeness (QED) is 0.459. The number of amides is 1. The van der Waals surface area contributed by atoms with Crippen molar-refractivity contribution in [3.05, 3.63) is 47.0 Å². The standard InChI is InChI=1S/C19H22ClN3O6S/c1-27-16-8-6-14(20)10-15(16)23(30(4,25)26)12-19(24)22-21-11-13-5-7-17(28-2)18(9-13)29-3/h5-11H,12H2,1-4H3,(H,22,24)/b21-11-. The largest absolute Gasteiger partial charge is 0.495 e. The first-order chi connectivity index (χ1) is 14.2. The molecule has 11 heteroatoms. The van der Waals surface area contributed by atoms with Gasteiger partial charge in [-0.05, 0) is 42.0 Å². The number of methoxy groups -OCH3 is 3. The molecular weight excluding hydrogens is 434 g/mol. The number of carbonyl (C=O) groups is 1. The third-order valence-corrected chi connectivity index (χ3v) is 5.27. The van der Waals surface area contributed by atoms with E-state index in [0.717, 1.165) is 10.6 Å². The number of nitrogens with zero attached hydrogens (tertiary/aromatic N) is 2. The molecule has 0 bridgehead atoms. The van der Waals surface area contributed by atoms with Crippen molar-refractivity contribution in [1.29, 1.82) is 0 Å². The highest BCUT2D eigenvalue weighted by atomic mass is 35.5. The minimum Gasteiger partial charge on any atom is -0.495 e. The number of benzene rings is 2. The van der Waals surface area contributed by atoms with E-state index in [4.69, 9.17) is 25.8 Å². The van der Waals surface area contributed by atoms with Gasteiger partial charge in [0.15, 0.2) is 11.5 Å². The summed E-state index contributed by atoms with van der Waals surface area (Å²) in [5.41, 5.74) is 3.09. The predicted molar refractivity (Wildman–Crippen MR) is 115 cm³/mol. The summed E-state index contributed by atoms with van der Waals surface area (Å²) >= 11 is 5.98. The van der Waals surface area contributed by atoms with Gasteiger partial charge in [-0.15, -0.1) is 0 Å². The Balaban J connectivity index is 2.16. The number of hydrogen-bond donors (Lipinski definition) is 1. The lowest BCUT2D eigenvalue weighted by Gasteiger charge is -2.23. The lowest BCUT2D eigenvalue weighted by atomic mass is 10.2. The monoisotopic (exact) mass is 455 g/mol. The second-order valence-electron chi connectivity index (χ2n) is 5.99. The fourth-order valence-corrected chi connectivity index (χ4v) is 3.53. The Labute approximate surface area is 180 Å². The van der Waals surface area contributed by atoms with Gasteiger partial charge in [0.2, 0.25) is 10.0 Å². The topological polar surface area (TPSA) is 107 Å². The van der Waals surface area contributed by atoms with Crippen LogP contribution in [0.1, 0.15) is 5.56 Å². The highest BCUT2D eigenvalue weighted by molar-refractivity contribution is 7.92. The average molecular weight is 456 g/mol. The first kappa shape index (κ1) is 23.3. The van der Waals surface area contributed by atoms with Crippen LogP contribution in [0.3, 0.4) is 0 Å². The lowest BCUT2D eigenvalue weighted by Crippen LogP contribution is -2.39. The van der Waals surface area contributed by atoms with Crippen LogP contribution in [0.2, 0.25) is 5.02 Å². The Morgan fingerprint density at radius 1 is 1.07 bits per heavy atom. The molecule has 0 aliphatic carbocycles. The highest BCUT2D eigenvalue weighted by Crippen LogP contribution is 2.32. The van der Waals surface area contributed by atoms with E-state index in [2.05, 4.69) is 10.5 Å². The second kappa shape index (κ2) is 10.2. The molecule has 0 radical (unpaired) electrons. The molecule has 30 heavy (non-hydrogen) atoms. The molecule has 2 rings (SSSR count). The third-order valence-electron chi connectivity index (χ3n) is 3.91. The van der Waals surface area contributed by atoms with Gasteiger partial charge in [0.1, 0.15) is 12.3 Å². The van der Waals surface area contributed by atoms with Crippen LogP contribution in [0, 0.1) is 0 Å². The molecule has 1 amide bonds. The van der Waals surface area contributed by atoms with Crippen molar-refractivity contribution in [2.75, 3.05) is 38.4 Å². The molecule has 0 heterocycles. The number of hydrazone groups is 1. The van der Waals surface area contributed by atoms with Crippen LogP contribution in [0.15, 0.2) is 41.5 Å².